The molecule has 0 bridgehead atoms. The molecule has 0 unspecified atom stereocenters. The predicted molar refractivity (Wildman–Crippen MR) is 126 cm³/mol. The van der Waals surface area contributed by atoms with Crippen molar-refractivity contribution in [3.05, 3.63) is 95.0 Å². The molecule has 0 fully saturated rings. The van der Waals surface area contributed by atoms with E-state index in [1.807, 2.05) is 78.2 Å². The van der Waals surface area contributed by atoms with Crippen molar-refractivity contribution in [2.24, 2.45) is 0 Å². The van der Waals surface area contributed by atoms with Crippen molar-refractivity contribution in [3.8, 4) is 0 Å². The lowest BCUT2D eigenvalue weighted by molar-refractivity contribution is -0.118. The summed E-state index contributed by atoms with van der Waals surface area (Å²) in [5.74, 6) is -0.00109. The smallest absolute Gasteiger partial charge is 0.258 e. The summed E-state index contributed by atoms with van der Waals surface area (Å²) in [6.07, 6.45) is 1.06. The average molecular weight is 433 g/mol. The average Bonchev–Trinajstić information content (AvgIpc) is 2.80. The summed E-state index contributed by atoms with van der Waals surface area (Å²) in [7, 11) is 0. The summed E-state index contributed by atoms with van der Waals surface area (Å²) >= 11 is 6.01. The van der Waals surface area contributed by atoms with Gasteiger partial charge < -0.3 is 9.80 Å². The third-order valence-electron chi connectivity index (χ3n) is 5.79. The van der Waals surface area contributed by atoms with Gasteiger partial charge >= 0.3 is 0 Å². The molecule has 5 heteroatoms. The van der Waals surface area contributed by atoms with Crippen LogP contribution in [0.5, 0.6) is 0 Å². The number of hydrogen-bond acceptors (Lipinski definition) is 2. The van der Waals surface area contributed by atoms with Crippen LogP contribution in [0.2, 0.25) is 5.02 Å². The van der Waals surface area contributed by atoms with Crippen molar-refractivity contribution >= 4 is 34.8 Å². The number of nitrogens with zero attached hydrogens (tertiary/aromatic N) is 2. The van der Waals surface area contributed by atoms with Crippen LogP contribution >= 0.6 is 11.6 Å². The van der Waals surface area contributed by atoms with Gasteiger partial charge in [0.15, 0.2) is 0 Å². The second-order valence-electron chi connectivity index (χ2n) is 7.79. The van der Waals surface area contributed by atoms with E-state index in [1.54, 1.807) is 24.3 Å². The van der Waals surface area contributed by atoms with Gasteiger partial charge in [0.05, 0.1) is 6.04 Å². The van der Waals surface area contributed by atoms with Crippen molar-refractivity contribution in [2.75, 3.05) is 9.80 Å². The van der Waals surface area contributed by atoms with E-state index >= 15 is 0 Å². The number of carbonyl (C=O) groups excluding carboxylic acids is 2. The molecule has 0 aromatic heterocycles. The topological polar surface area (TPSA) is 40.6 Å². The van der Waals surface area contributed by atoms with Crippen molar-refractivity contribution in [1.29, 1.82) is 0 Å². The number of anilines is 2. The highest BCUT2D eigenvalue weighted by Crippen LogP contribution is 2.42. The second-order valence-corrected chi connectivity index (χ2v) is 8.23. The Balaban J connectivity index is 1.78. The molecule has 0 aliphatic carbocycles. The molecule has 0 saturated carbocycles. The molecular formula is C26H25ClN2O2. The lowest BCUT2D eigenvalue weighted by Gasteiger charge is -2.43. The van der Waals surface area contributed by atoms with Crippen LogP contribution in [0, 0.1) is 0 Å². The van der Waals surface area contributed by atoms with Crippen LogP contribution in [-0.2, 0) is 4.79 Å². The van der Waals surface area contributed by atoms with E-state index in [0.29, 0.717) is 23.4 Å². The minimum Gasteiger partial charge on any atom is -0.305 e. The van der Waals surface area contributed by atoms with E-state index in [9.17, 15) is 9.59 Å². The van der Waals surface area contributed by atoms with Gasteiger partial charge in [-0.3, -0.25) is 9.59 Å². The van der Waals surface area contributed by atoms with Crippen LogP contribution in [0.4, 0.5) is 11.4 Å². The van der Waals surface area contributed by atoms with E-state index < -0.39 is 0 Å². The van der Waals surface area contributed by atoms with Crippen molar-refractivity contribution in [2.45, 2.75) is 38.8 Å². The lowest BCUT2D eigenvalue weighted by Crippen LogP contribution is -2.47. The van der Waals surface area contributed by atoms with Gasteiger partial charge in [-0.1, -0.05) is 54.9 Å². The monoisotopic (exact) mass is 432 g/mol. The predicted octanol–water partition coefficient (Wildman–Crippen LogP) is 6.26. The third-order valence-corrected chi connectivity index (χ3v) is 6.04. The Morgan fingerprint density at radius 1 is 0.968 bits per heavy atom. The van der Waals surface area contributed by atoms with E-state index in [-0.39, 0.29) is 23.9 Å². The highest BCUT2D eigenvalue weighted by Gasteiger charge is 2.38. The Kier molecular flexibility index (Phi) is 6.10. The molecular weight excluding hydrogens is 408 g/mol. The molecule has 0 spiro atoms. The SMILES string of the molecule is CCC(=O)N(c1ccccc1)[C@@H]1C[C@H](C)N(C(=O)c2ccc(Cl)cc2)c2ccccc21. The van der Waals surface area contributed by atoms with Gasteiger partial charge in [0.25, 0.3) is 5.91 Å². The fourth-order valence-corrected chi connectivity index (χ4v) is 4.45. The number of rotatable bonds is 4. The van der Waals surface area contributed by atoms with E-state index in [2.05, 4.69) is 0 Å². The molecule has 2 amide bonds. The molecule has 1 heterocycles. The standard InChI is InChI=1S/C26H25ClN2O2/c1-3-25(30)29(21-9-5-4-6-10-21)24-17-18(2)28(23-12-8-7-11-22(23)24)26(31)19-13-15-20(27)16-14-19/h4-16,18,24H,3,17H2,1-2H3/t18-,24+/m0/s1. The Morgan fingerprint density at radius 3 is 2.29 bits per heavy atom. The lowest BCUT2D eigenvalue weighted by atomic mass is 9.89. The maximum absolute atomic E-state index is 13.4. The number of benzene rings is 3. The molecule has 4 rings (SSSR count). The third kappa shape index (κ3) is 4.08. The summed E-state index contributed by atoms with van der Waals surface area (Å²) in [5.41, 5.74) is 3.29. The Morgan fingerprint density at radius 2 is 1.61 bits per heavy atom. The van der Waals surface area contributed by atoms with Gasteiger partial charge in [0.1, 0.15) is 0 Å². The highest BCUT2D eigenvalue weighted by molar-refractivity contribution is 6.30. The number of amides is 2. The summed E-state index contributed by atoms with van der Waals surface area (Å²) in [6.45, 7) is 3.92. The number of hydrogen-bond donors (Lipinski definition) is 0. The fourth-order valence-electron chi connectivity index (χ4n) is 4.32. The van der Waals surface area contributed by atoms with Crippen LogP contribution in [0.1, 0.15) is 48.7 Å². The Labute approximate surface area is 188 Å². The molecule has 3 aromatic carbocycles. The van der Waals surface area contributed by atoms with Crippen LogP contribution < -0.4 is 9.80 Å². The zero-order valence-electron chi connectivity index (χ0n) is 17.7. The van der Waals surface area contributed by atoms with Crippen molar-refractivity contribution < 1.29 is 9.59 Å². The molecule has 2 atom stereocenters. The van der Waals surface area contributed by atoms with Gasteiger partial charge in [-0.15, -0.1) is 0 Å². The maximum Gasteiger partial charge on any atom is 0.258 e. The first-order valence-corrected chi connectivity index (χ1v) is 10.9. The zero-order chi connectivity index (χ0) is 22.0. The fraction of sp³-hybridized carbons (Fsp3) is 0.231. The summed E-state index contributed by atoms with van der Waals surface area (Å²) in [6, 6.07) is 24.4. The van der Waals surface area contributed by atoms with Gasteiger partial charge in [0.2, 0.25) is 5.91 Å². The van der Waals surface area contributed by atoms with E-state index in [0.717, 1.165) is 16.9 Å². The normalized spacial score (nSPS) is 17.7. The van der Waals surface area contributed by atoms with Crippen LogP contribution in [0.15, 0.2) is 78.9 Å². The van der Waals surface area contributed by atoms with Crippen molar-refractivity contribution in [3.63, 3.8) is 0 Å². The number of halogens is 1. The zero-order valence-corrected chi connectivity index (χ0v) is 18.4. The molecule has 0 saturated heterocycles. The van der Waals surface area contributed by atoms with E-state index in [1.165, 1.54) is 0 Å². The van der Waals surface area contributed by atoms with Crippen LogP contribution in [-0.4, -0.2) is 17.9 Å². The van der Waals surface area contributed by atoms with Gasteiger partial charge in [0, 0.05) is 34.4 Å². The Hall–Kier alpha value is -3.11. The maximum atomic E-state index is 13.4. The highest BCUT2D eigenvalue weighted by atomic mass is 35.5. The van der Waals surface area contributed by atoms with Crippen LogP contribution in [0.25, 0.3) is 0 Å². The van der Waals surface area contributed by atoms with Crippen LogP contribution in [0.3, 0.4) is 0 Å². The summed E-state index contributed by atoms with van der Waals surface area (Å²) in [4.78, 5) is 30.2. The molecule has 0 N–H and O–H groups in total. The van der Waals surface area contributed by atoms with Crippen molar-refractivity contribution in [1.82, 2.24) is 0 Å². The Bertz CT molecular complexity index is 1080. The molecule has 4 nitrogen and oxygen atoms in total. The minimum absolute atomic E-state index is 0.0654. The van der Waals surface area contributed by atoms with Gasteiger partial charge in [-0.25, -0.2) is 0 Å². The quantitative estimate of drug-likeness (QED) is 0.488. The first-order chi connectivity index (χ1) is 15.0. The first kappa shape index (κ1) is 21.1. The molecule has 1 aliphatic rings. The summed E-state index contributed by atoms with van der Waals surface area (Å²) < 4.78 is 0. The van der Waals surface area contributed by atoms with Gasteiger partial charge in [-0.2, -0.15) is 0 Å². The molecule has 31 heavy (non-hydrogen) atoms. The minimum atomic E-state index is -0.143. The first-order valence-electron chi connectivity index (χ1n) is 10.6. The molecule has 1 aliphatic heterocycles. The summed E-state index contributed by atoms with van der Waals surface area (Å²) in [5, 5.41) is 0.597. The molecule has 3 aromatic rings. The van der Waals surface area contributed by atoms with E-state index in [4.69, 9.17) is 11.6 Å². The number of para-hydroxylation sites is 2. The molecule has 158 valence electrons. The largest absolute Gasteiger partial charge is 0.305 e. The number of carbonyl (C=O) groups is 2. The molecule has 0 radical (unpaired) electrons. The van der Waals surface area contributed by atoms with Gasteiger partial charge in [-0.05, 0) is 61.4 Å². The second kappa shape index (κ2) is 8.94. The number of fused-ring (bicyclic) bond motifs is 1.